The second-order valence-electron chi connectivity index (χ2n) is 5.86. The van der Waals surface area contributed by atoms with Gasteiger partial charge in [-0.3, -0.25) is 4.79 Å². The molecule has 2 unspecified atom stereocenters. The van der Waals surface area contributed by atoms with Crippen molar-refractivity contribution in [3.05, 3.63) is 0 Å². The fourth-order valence-electron chi connectivity index (χ4n) is 3.34. The summed E-state index contributed by atoms with van der Waals surface area (Å²) >= 11 is 2.06. The van der Waals surface area contributed by atoms with Crippen molar-refractivity contribution in [3.8, 4) is 0 Å². The van der Waals surface area contributed by atoms with Crippen molar-refractivity contribution in [3.63, 3.8) is 0 Å². The Balaban J connectivity index is 1.83. The number of ketones is 1. The third-order valence-corrected chi connectivity index (χ3v) is 5.41. The minimum Gasteiger partial charge on any atom is -0.302 e. The summed E-state index contributed by atoms with van der Waals surface area (Å²) in [7, 11) is 0. The zero-order chi connectivity index (χ0) is 12.8. The molecule has 1 aliphatic carbocycles. The lowest BCUT2D eigenvalue weighted by Gasteiger charge is -2.31. The lowest BCUT2D eigenvalue weighted by molar-refractivity contribution is -0.126. The summed E-state index contributed by atoms with van der Waals surface area (Å²) in [6, 6.07) is 0. The number of Topliss-reactive ketones (excluding diaryl/α,β-unsaturated/α-hetero) is 1. The molecular weight excluding hydrogens is 242 g/mol. The maximum absolute atomic E-state index is 12.1. The maximum atomic E-state index is 12.1. The number of hydrogen-bond acceptors (Lipinski definition) is 3. The van der Waals surface area contributed by atoms with Crippen LogP contribution in [0.5, 0.6) is 0 Å². The molecule has 2 fully saturated rings. The lowest BCUT2D eigenvalue weighted by Crippen LogP contribution is -2.37. The van der Waals surface area contributed by atoms with E-state index in [9.17, 15) is 4.79 Å². The van der Waals surface area contributed by atoms with Gasteiger partial charge < -0.3 is 4.90 Å². The van der Waals surface area contributed by atoms with Crippen LogP contribution in [0.1, 0.15) is 45.4 Å². The van der Waals surface area contributed by atoms with Crippen LogP contribution in [0.25, 0.3) is 0 Å². The molecule has 2 atom stereocenters. The van der Waals surface area contributed by atoms with E-state index in [2.05, 4.69) is 23.6 Å². The first-order chi connectivity index (χ1) is 8.79. The predicted molar refractivity (Wildman–Crippen MR) is 79.1 cm³/mol. The van der Waals surface area contributed by atoms with Crippen LogP contribution in [0.3, 0.4) is 0 Å². The van der Waals surface area contributed by atoms with Crippen molar-refractivity contribution in [2.45, 2.75) is 45.4 Å². The maximum Gasteiger partial charge on any atom is 0.137 e. The first kappa shape index (κ1) is 14.4. The molecule has 1 saturated heterocycles. The average Bonchev–Trinajstić information content (AvgIpc) is 2.62. The van der Waals surface area contributed by atoms with Gasteiger partial charge >= 0.3 is 0 Å². The fraction of sp³-hybridized carbons (Fsp3) is 0.933. The molecule has 1 heterocycles. The Kier molecular flexibility index (Phi) is 6.03. The van der Waals surface area contributed by atoms with Gasteiger partial charge in [-0.1, -0.05) is 19.8 Å². The zero-order valence-electron chi connectivity index (χ0n) is 11.7. The Morgan fingerprint density at radius 2 is 2.22 bits per heavy atom. The molecule has 0 bridgehead atoms. The van der Waals surface area contributed by atoms with E-state index in [1.165, 1.54) is 43.9 Å². The lowest BCUT2D eigenvalue weighted by atomic mass is 9.78. The van der Waals surface area contributed by atoms with Crippen molar-refractivity contribution in [1.29, 1.82) is 0 Å². The number of hydrogen-bond donors (Lipinski definition) is 0. The molecule has 18 heavy (non-hydrogen) atoms. The summed E-state index contributed by atoms with van der Waals surface area (Å²) in [6.45, 7) is 5.69. The molecule has 0 aromatic rings. The van der Waals surface area contributed by atoms with E-state index in [0.717, 1.165) is 31.7 Å². The highest BCUT2D eigenvalue weighted by atomic mass is 32.2. The van der Waals surface area contributed by atoms with Crippen LogP contribution in [0.2, 0.25) is 0 Å². The molecule has 2 rings (SSSR count). The Morgan fingerprint density at radius 3 is 3.06 bits per heavy atom. The molecule has 0 radical (unpaired) electrons. The molecule has 3 heteroatoms. The van der Waals surface area contributed by atoms with Crippen LogP contribution in [-0.2, 0) is 4.79 Å². The van der Waals surface area contributed by atoms with Gasteiger partial charge in [0.25, 0.3) is 0 Å². The Labute approximate surface area is 116 Å². The Morgan fingerprint density at radius 1 is 1.33 bits per heavy atom. The van der Waals surface area contributed by atoms with Gasteiger partial charge in [-0.2, -0.15) is 11.8 Å². The highest BCUT2D eigenvalue weighted by molar-refractivity contribution is 7.99. The SMILES string of the molecule is CCCC1CCC(=O)C(CN2CCCSCC2)C1. The first-order valence-corrected chi connectivity index (χ1v) is 8.78. The van der Waals surface area contributed by atoms with E-state index >= 15 is 0 Å². The largest absolute Gasteiger partial charge is 0.302 e. The first-order valence-electron chi connectivity index (χ1n) is 7.62. The highest BCUT2D eigenvalue weighted by Gasteiger charge is 2.29. The van der Waals surface area contributed by atoms with Crippen LogP contribution in [-0.4, -0.2) is 41.8 Å². The third-order valence-electron chi connectivity index (χ3n) is 4.36. The highest BCUT2D eigenvalue weighted by Crippen LogP contribution is 2.30. The number of thioether (sulfide) groups is 1. The van der Waals surface area contributed by atoms with Crippen molar-refractivity contribution in [2.24, 2.45) is 11.8 Å². The van der Waals surface area contributed by atoms with Crippen LogP contribution >= 0.6 is 11.8 Å². The van der Waals surface area contributed by atoms with E-state index in [4.69, 9.17) is 0 Å². The molecule has 2 aliphatic rings. The van der Waals surface area contributed by atoms with Gasteiger partial charge in [0.2, 0.25) is 0 Å². The molecule has 104 valence electrons. The van der Waals surface area contributed by atoms with E-state index in [1.54, 1.807) is 0 Å². The second kappa shape index (κ2) is 7.54. The monoisotopic (exact) mass is 269 g/mol. The molecule has 0 aromatic carbocycles. The smallest absolute Gasteiger partial charge is 0.137 e. The van der Waals surface area contributed by atoms with Gasteiger partial charge in [0.1, 0.15) is 5.78 Å². The third kappa shape index (κ3) is 4.27. The molecule has 1 aliphatic heterocycles. The Hall–Kier alpha value is -0.0200. The van der Waals surface area contributed by atoms with E-state index < -0.39 is 0 Å². The zero-order valence-corrected chi connectivity index (χ0v) is 12.5. The van der Waals surface area contributed by atoms with Crippen molar-refractivity contribution >= 4 is 17.5 Å². The topological polar surface area (TPSA) is 20.3 Å². The van der Waals surface area contributed by atoms with Crippen molar-refractivity contribution in [2.75, 3.05) is 31.1 Å². The van der Waals surface area contributed by atoms with Crippen molar-refractivity contribution < 1.29 is 4.79 Å². The molecule has 2 nitrogen and oxygen atoms in total. The van der Waals surface area contributed by atoms with E-state index in [0.29, 0.717) is 11.7 Å². The summed E-state index contributed by atoms with van der Waals surface area (Å²) in [5, 5.41) is 0. The normalized spacial score (nSPS) is 31.3. The number of carbonyl (C=O) groups excluding carboxylic acids is 1. The summed E-state index contributed by atoms with van der Waals surface area (Å²) in [4.78, 5) is 14.6. The van der Waals surface area contributed by atoms with Gasteiger partial charge in [0, 0.05) is 31.2 Å². The minimum absolute atomic E-state index is 0.346. The predicted octanol–water partition coefficient (Wildman–Crippen LogP) is 3.21. The van der Waals surface area contributed by atoms with Gasteiger partial charge in [0.15, 0.2) is 0 Å². The molecule has 0 spiro atoms. The molecular formula is C15H27NOS. The van der Waals surface area contributed by atoms with Crippen LogP contribution in [0.15, 0.2) is 0 Å². The summed E-state index contributed by atoms with van der Waals surface area (Å²) < 4.78 is 0. The number of nitrogens with zero attached hydrogens (tertiary/aromatic N) is 1. The van der Waals surface area contributed by atoms with Gasteiger partial charge in [-0.15, -0.1) is 0 Å². The van der Waals surface area contributed by atoms with Gasteiger partial charge in [-0.05, 0) is 37.5 Å². The fourth-order valence-corrected chi connectivity index (χ4v) is 4.27. The molecule has 0 amide bonds. The number of rotatable bonds is 4. The second-order valence-corrected chi connectivity index (χ2v) is 7.08. The van der Waals surface area contributed by atoms with Crippen LogP contribution < -0.4 is 0 Å². The Bertz CT molecular complexity index is 261. The molecule has 0 aromatic heterocycles. The molecule has 0 N–H and O–H groups in total. The summed E-state index contributed by atoms with van der Waals surface area (Å²) in [6.07, 6.45) is 7.04. The van der Waals surface area contributed by atoms with Gasteiger partial charge in [-0.25, -0.2) is 0 Å². The average molecular weight is 269 g/mol. The van der Waals surface area contributed by atoms with Gasteiger partial charge in [0.05, 0.1) is 0 Å². The summed E-state index contributed by atoms with van der Waals surface area (Å²) in [5.74, 6) is 4.25. The van der Waals surface area contributed by atoms with Crippen LogP contribution in [0.4, 0.5) is 0 Å². The van der Waals surface area contributed by atoms with Crippen LogP contribution in [0, 0.1) is 11.8 Å². The number of carbonyl (C=O) groups is 1. The molecule has 1 saturated carbocycles. The standard InChI is InChI=1S/C15H27NOS/c1-2-4-13-5-6-15(17)14(11-13)12-16-7-3-9-18-10-8-16/h13-14H,2-12H2,1H3. The minimum atomic E-state index is 0.346. The summed E-state index contributed by atoms with van der Waals surface area (Å²) in [5.41, 5.74) is 0. The quantitative estimate of drug-likeness (QED) is 0.781. The van der Waals surface area contributed by atoms with Crippen molar-refractivity contribution in [1.82, 2.24) is 4.90 Å². The van der Waals surface area contributed by atoms with E-state index in [1.807, 2.05) is 0 Å². The van der Waals surface area contributed by atoms with E-state index in [-0.39, 0.29) is 0 Å².